The van der Waals surface area contributed by atoms with E-state index in [0.29, 0.717) is 18.8 Å². The van der Waals surface area contributed by atoms with Crippen molar-refractivity contribution in [2.24, 2.45) is 0 Å². The highest BCUT2D eigenvalue weighted by atomic mass is 19.1. The van der Waals surface area contributed by atoms with Crippen LogP contribution in [0.25, 0.3) is 0 Å². The Labute approximate surface area is 115 Å². The molecule has 0 bridgehead atoms. The molecule has 1 atom stereocenters. The highest BCUT2D eigenvalue weighted by molar-refractivity contribution is 5.98. The highest BCUT2D eigenvalue weighted by Crippen LogP contribution is 2.26. The lowest BCUT2D eigenvalue weighted by atomic mass is 10.0. The van der Waals surface area contributed by atoms with Gasteiger partial charge < -0.3 is 10.2 Å². The highest BCUT2D eigenvalue weighted by Gasteiger charge is 2.29. The summed E-state index contributed by atoms with van der Waals surface area (Å²) in [7, 11) is 0. The molecule has 1 aliphatic rings. The number of nitro groups is 1. The lowest BCUT2D eigenvalue weighted by molar-refractivity contribution is -0.387. The van der Waals surface area contributed by atoms with Crippen molar-refractivity contribution in [3.05, 3.63) is 34.1 Å². The standard InChI is InChI=1S/C13H16FN3O3/c1-2-15-11-4-3-7-16(13(11)18)9-5-6-12(17(19)20)10(14)8-9/h5-6,8,11,15H,2-4,7H2,1H3. The van der Waals surface area contributed by atoms with Crippen molar-refractivity contribution < 1.29 is 14.1 Å². The van der Waals surface area contributed by atoms with E-state index >= 15 is 0 Å². The van der Waals surface area contributed by atoms with Crippen LogP contribution in [-0.2, 0) is 4.79 Å². The molecule has 0 spiro atoms. The smallest absolute Gasteiger partial charge is 0.304 e. The van der Waals surface area contributed by atoms with Gasteiger partial charge in [-0.15, -0.1) is 0 Å². The predicted molar refractivity (Wildman–Crippen MR) is 72.1 cm³/mol. The number of nitrogens with zero attached hydrogens (tertiary/aromatic N) is 2. The van der Waals surface area contributed by atoms with Gasteiger partial charge in [0, 0.05) is 24.4 Å². The van der Waals surface area contributed by atoms with Crippen LogP contribution in [0.5, 0.6) is 0 Å². The number of anilines is 1. The monoisotopic (exact) mass is 281 g/mol. The summed E-state index contributed by atoms with van der Waals surface area (Å²) in [4.78, 5) is 23.5. The van der Waals surface area contributed by atoms with Crippen LogP contribution in [0.2, 0.25) is 0 Å². The third-order valence-electron chi connectivity index (χ3n) is 3.33. The minimum atomic E-state index is -0.925. The zero-order chi connectivity index (χ0) is 14.7. The molecule has 1 heterocycles. The molecule has 108 valence electrons. The number of amides is 1. The van der Waals surface area contributed by atoms with E-state index < -0.39 is 16.4 Å². The summed E-state index contributed by atoms with van der Waals surface area (Å²) in [5, 5.41) is 13.7. The number of piperidine rings is 1. The summed E-state index contributed by atoms with van der Waals surface area (Å²) in [6, 6.07) is 3.28. The first-order chi connectivity index (χ1) is 9.54. The minimum Gasteiger partial charge on any atom is -0.311 e. The van der Waals surface area contributed by atoms with Crippen molar-refractivity contribution in [2.45, 2.75) is 25.8 Å². The molecule has 1 amide bonds. The Morgan fingerprint density at radius 3 is 2.90 bits per heavy atom. The lowest BCUT2D eigenvalue weighted by Crippen LogP contribution is -2.50. The zero-order valence-corrected chi connectivity index (χ0v) is 11.1. The van der Waals surface area contributed by atoms with E-state index in [1.54, 1.807) is 0 Å². The predicted octanol–water partition coefficient (Wildman–Crippen LogP) is 1.84. The van der Waals surface area contributed by atoms with Crippen LogP contribution in [0, 0.1) is 15.9 Å². The van der Waals surface area contributed by atoms with Crippen LogP contribution < -0.4 is 10.2 Å². The Bertz CT molecular complexity index is 534. The normalized spacial score (nSPS) is 19.2. The van der Waals surface area contributed by atoms with E-state index in [-0.39, 0.29) is 11.9 Å². The van der Waals surface area contributed by atoms with E-state index in [1.165, 1.54) is 11.0 Å². The van der Waals surface area contributed by atoms with Gasteiger partial charge in [-0.3, -0.25) is 14.9 Å². The average Bonchev–Trinajstić information content (AvgIpc) is 2.41. The van der Waals surface area contributed by atoms with Crippen LogP contribution in [0.15, 0.2) is 18.2 Å². The van der Waals surface area contributed by atoms with Gasteiger partial charge in [-0.1, -0.05) is 6.92 Å². The molecule has 1 aliphatic heterocycles. The van der Waals surface area contributed by atoms with Crippen LogP contribution in [0.1, 0.15) is 19.8 Å². The summed E-state index contributed by atoms with van der Waals surface area (Å²) in [6.07, 6.45) is 1.56. The van der Waals surface area contributed by atoms with Gasteiger partial charge >= 0.3 is 5.69 Å². The molecular formula is C13H16FN3O3. The average molecular weight is 281 g/mol. The topological polar surface area (TPSA) is 75.5 Å². The van der Waals surface area contributed by atoms with E-state index in [1.807, 2.05) is 6.92 Å². The van der Waals surface area contributed by atoms with Gasteiger partial charge in [0.2, 0.25) is 11.7 Å². The fourth-order valence-corrected chi connectivity index (χ4v) is 2.38. The van der Waals surface area contributed by atoms with E-state index in [9.17, 15) is 19.3 Å². The molecule has 1 saturated heterocycles. The molecule has 2 rings (SSSR count). The number of likely N-dealkylation sites (N-methyl/N-ethyl adjacent to an activating group) is 1. The largest absolute Gasteiger partial charge is 0.311 e. The summed E-state index contributed by atoms with van der Waals surface area (Å²) >= 11 is 0. The van der Waals surface area contributed by atoms with Crippen LogP contribution in [0.3, 0.4) is 0 Å². The van der Waals surface area contributed by atoms with E-state index in [2.05, 4.69) is 5.32 Å². The number of hydrogen-bond acceptors (Lipinski definition) is 4. The second-order valence-electron chi connectivity index (χ2n) is 4.64. The molecule has 0 aliphatic carbocycles. The van der Waals surface area contributed by atoms with E-state index in [4.69, 9.17) is 0 Å². The maximum Gasteiger partial charge on any atom is 0.304 e. The van der Waals surface area contributed by atoms with E-state index in [0.717, 1.165) is 25.0 Å². The van der Waals surface area contributed by atoms with Crippen LogP contribution in [0.4, 0.5) is 15.8 Å². The number of rotatable bonds is 4. The van der Waals surface area contributed by atoms with Gasteiger partial charge in [-0.2, -0.15) is 4.39 Å². The first-order valence-corrected chi connectivity index (χ1v) is 6.53. The number of carbonyl (C=O) groups is 1. The molecule has 7 heteroatoms. The minimum absolute atomic E-state index is 0.119. The van der Waals surface area contributed by atoms with Crippen LogP contribution >= 0.6 is 0 Å². The molecular weight excluding hydrogens is 265 g/mol. The fourth-order valence-electron chi connectivity index (χ4n) is 2.38. The summed E-state index contributed by atoms with van der Waals surface area (Å²) in [6.45, 7) is 3.09. The molecule has 6 nitrogen and oxygen atoms in total. The van der Waals surface area contributed by atoms with Crippen molar-refractivity contribution >= 4 is 17.3 Å². The van der Waals surface area contributed by atoms with Crippen molar-refractivity contribution in [1.82, 2.24) is 5.32 Å². The SMILES string of the molecule is CCNC1CCCN(c2ccc([N+](=O)[O-])c(F)c2)C1=O. The Morgan fingerprint density at radius 2 is 2.30 bits per heavy atom. The number of nitrogens with one attached hydrogen (secondary N) is 1. The van der Waals surface area contributed by atoms with Gasteiger partial charge in [-0.25, -0.2) is 0 Å². The molecule has 1 aromatic rings. The third-order valence-corrected chi connectivity index (χ3v) is 3.33. The second-order valence-corrected chi connectivity index (χ2v) is 4.64. The number of carbonyl (C=O) groups excluding carboxylic acids is 1. The summed E-state index contributed by atoms with van der Waals surface area (Å²) in [5.41, 5.74) is -0.220. The maximum atomic E-state index is 13.6. The summed E-state index contributed by atoms with van der Waals surface area (Å²) < 4.78 is 13.6. The van der Waals surface area contributed by atoms with Gasteiger partial charge in [0.1, 0.15) is 0 Å². The maximum absolute atomic E-state index is 13.6. The number of hydrogen-bond donors (Lipinski definition) is 1. The number of nitro benzene ring substituents is 1. The Kier molecular flexibility index (Phi) is 4.29. The second kappa shape index (κ2) is 5.96. The quantitative estimate of drug-likeness (QED) is 0.675. The molecule has 0 saturated carbocycles. The van der Waals surface area contributed by atoms with Gasteiger partial charge in [0.05, 0.1) is 11.0 Å². The molecule has 1 N–H and O–H groups in total. The lowest BCUT2D eigenvalue weighted by Gasteiger charge is -2.32. The Balaban J connectivity index is 2.24. The van der Waals surface area contributed by atoms with Crippen molar-refractivity contribution in [1.29, 1.82) is 0 Å². The Morgan fingerprint density at radius 1 is 1.55 bits per heavy atom. The fraction of sp³-hybridized carbons (Fsp3) is 0.462. The molecule has 20 heavy (non-hydrogen) atoms. The van der Waals surface area contributed by atoms with Crippen molar-refractivity contribution in [3.8, 4) is 0 Å². The number of benzene rings is 1. The van der Waals surface area contributed by atoms with Crippen molar-refractivity contribution in [3.63, 3.8) is 0 Å². The summed E-state index contributed by atoms with van der Waals surface area (Å²) in [5.74, 6) is -1.04. The van der Waals surface area contributed by atoms with Crippen molar-refractivity contribution in [2.75, 3.05) is 18.0 Å². The molecule has 1 fully saturated rings. The zero-order valence-electron chi connectivity index (χ0n) is 11.1. The molecule has 1 unspecified atom stereocenters. The first kappa shape index (κ1) is 14.4. The number of halogens is 1. The third kappa shape index (κ3) is 2.77. The molecule has 1 aromatic carbocycles. The van der Waals surface area contributed by atoms with Crippen LogP contribution in [-0.4, -0.2) is 30.0 Å². The van der Waals surface area contributed by atoms with Gasteiger partial charge in [-0.05, 0) is 25.5 Å². The molecule has 0 radical (unpaired) electrons. The van der Waals surface area contributed by atoms with Gasteiger partial charge in [0.25, 0.3) is 0 Å². The van der Waals surface area contributed by atoms with Gasteiger partial charge in [0.15, 0.2) is 0 Å². The first-order valence-electron chi connectivity index (χ1n) is 6.53. The molecule has 0 aromatic heterocycles. The Hall–Kier alpha value is -2.02.